The van der Waals surface area contributed by atoms with Crippen molar-refractivity contribution >= 4 is 17.2 Å². The molecule has 0 radical (unpaired) electrons. The normalized spacial score (nSPS) is 10.9. The molecule has 100 valence electrons. The Hall–Kier alpha value is -2.42. The Balaban J connectivity index is 2.30. The molecule has 0 atom stereocenters. The van der Waals surface area contributed by atoms with E-state index in [1.54, 1.807) is 12.1 Å². The lowest BCUT2D eigenvalue weighted by Gasteiger charge is -1.99. The number of carbonyl (C=O) groups is 1. The Labute approximate surface area is 116 Å². The highest BCUT2D eigenvalue weighted by molar-refractivity contribution is 6.05. The van der Waals surface area contributed by atoms with Gasteiger partial charge < -0.3 is 4.98 Å². The van der Waals surface area contributed by atoms with Gasteiger partial charge in [-0.2, -0.15) is 0 Å². The number of benzene rings is 2. The third kappa shape index (κ3) is 1.92. The molecule has 0 aliphatic carbocycles. The standard InChI is InChI=1S/C17H14FNO/c1-2-11-4-3-5-14-15(10-20)17(19-16(11)14)12-6-8-13(18)9-7-12/h3-10,19H,2H2,1H3. The zero-order valence-corrected chi connectivity index (χ0v) is 11.1. The monoisotopic (exact) mass is 267 g/mol. The maximum atomic E-state index is 13.0. The molecule has 3 heteroatoms. The second kappa shape index (κ2) is 4.93. The number of aryl methyl sites for hydroxylation is 1. The predicted octanol–water partition coefficient (Wildman–Crippen LogP) is 4.35. The van der Waals surface area contributed by atoms with Crippen LogP contribution in [-0.4, -0.2) is 11.3 Å². The Morgan fingerprint density at radius 1 is 1.15 bits per heavy atom. The fourth-order valence-electron chi connectivity index (χ4n) is 2.56. The summed E-state index contributed by atoms with van der Waals surface area (Å²) in [4.78, 5) is 14.8. The average molecular weight is 267 g/mol. The summed E-state index contributed by atoms with van der Waals surface area (Å²) in [5, 5.41) is 0.915. The third-order valence-electron chi connectivity index (χ3n) is 3.59. The minimum Gasteiger partial charge on any atom is -0.354 e. The molecule has 0 bridgehead atoms. The number of aldehydes is 1. The lowest BCUT2D eigenvalue weighted by atomic mass is 10.0. The van der Waals surface area contributed by atoms with E-state index in [1.165, 1.54) is 17.7 Å². The van der Waals surface area contributed by atoms with Crippen molar-refractivity contribution in [1.29, 1.82) is 0 Å². The van der Waals surface area contributed by atoms with Gasteiger partial charge in [0.05, 0.1) is 5.69 Å². The molecule has 1 heterocycles. The summed E-state index contributed by atoms with van der Waals surface area (Å²) in [7, 11) is 0. The summed E-state index contributed by atoms with van der Waals surface area (Å²) < 4.78 is 13.0. The average Bonchev–Trinajstić information content (AvgIpc) is 2.86. The van der Waals surface area contributed by atoms with Crippen LogP contribution in [0.2, 0.25) is 0 Å². The van der Waals surface area contributed by atoms with Gasteiger partial charge in [0.2, 0.25) is 0 Å². The number of halogens is 1. The van der Waals surface area contributed by atoms with Crippen LogP contribution in [0, 0.1) is 5.82 Å². The lowest BCUT2D eigenvalue weighted by molar-refractivity contribution is 0.112. The van der Waals surface area contributed by atoms with Crippen molar-refractivity contribution in [2.45, 2.75) is 13.3 Å². The van der Waals surface area contributed by atoms with Crippen LogP contribution in [0.4, 0.5) is 4.39 Å². The lowest BCUT2D eigenvalue weighted by Crippen LogP contribution is -1.84. The number of rotatable bonds is 3. The molecule has 0 saturated carbocycles. The minimum atomic E-state index is -0.285. The van der Waals surface area contributed by atoms with E-state index in [4.69, 9.17) is 0 Å². The number of aromatic amines is 1. The fraction of sp³-hybridized carbons (Fsp3) is 0.118. The van der Waals surface area contributed by atoms with Crippen molar-refractivity contribution in [3.8, 4) is 11.3 Å². The zero-order valence-electron chi connectivity index (χ0n) is 11.1. The van der Waals surface area contributed by atoms with Gasteiger partial charge in [-0.05, 0) is 41.8 Å². The third-order valence-corrected chi connectivity index (χ3v) is 3.59. The van der Waals surface area contributed by atoms with E-state index < -0.39 is 0 Å². The van der Waals surface area contributed by atoms with Crippen LogP contribution in [0.1, 0.15) is 22.8 Å². The number of hydrogen-bond donors (Lipinski definition) is 1. The maximum Gasteiger partial charge on any atom is 0.152 e. The number of fused-ring (bicyclic) bond motifs is 1. The van der Waals surface area contributed by atoms with E-state index in [0.29, 0.717) is 5.56 Å². The molecule has 3 aromatic rings. The smallest absolute Gasteiger partial charge is 0.152 e. The van der Waals surface area contributed by atoms with Gasteiger partial charge in [0.15, 0.2) is 6.29 Å². The Morgan fingerprint density at radius 3 is 2.55 bits per heavy atom. The molecule has 20 heavy (non-hydrogen) atoms. The minimum absolute atomic E-state index is 0.285. The molecular weight excluding hydrogens is 253 g/mol. The first kappa shape index (κ1) is 12.6. The number of aromatic nitrogens is 1. The van der Waals surface area contributed by atoms with E-state index in [2.05, 4.69) is 11.9 Å². The summed E-state index contributed by atoms with van der Waals surface area (Å²) in [5.74, 6) is -0.285. The van der Waals surface area contributed by atoms with Gasteiger partial charge in [-0.15, -0.1) is 0 Å². The molecule has 1 N–H and O–H groups in total. The topological polar surface area (TPSA) is 32.9 Å². The molecule has 0 saturated heterocycles. The Bertz CT molecular complexity index is 772. The molecule has 1 aromatic heterocycles. The highest BCUT2D eigenvalue weighted by Crippen LogP contribution is 2.31. The summed E-state index contributed by atoms with van der Waals surface area (Å²) in [6.07, 6.45) is 1.75. The van der Waals surface area contributed by atoms with Crippen molar-refractivity contribution in [1.82, 2.24) is 4.98 Å². The second-order valence-electron chi connectivity index (χ2n) is 4.73. The summed E-state index contributed by atoms with van der Waals surface area (Å²) in [5.41, 5.74) is 4.33. The fourth-order valence-corrected chi connectivity index (χ4v) is 2.56. The number of H-pyrrole nitrogens is 1. The maximum absolute atomic E-state index is 13.0. The van der Waals surface area contributed by atoms with Crippen molar-refractivity contribution < 1.29 is 9.18 Å². The first-order valence-corrected chi connectivity index (χ1v) is 6.59. The van der Waals surface area contributed by atoms with Gasteiger partial charge in [0.1, 0.15) is 5.82 Å². The predicted molar refractivity (Wildman–Crippen MR) is 78.5 cm³/mol. The quantitative estimate of drug-likeness (QED) is 0.703. The molecule has 3 rings (SSSR count). The van der Waals surface area contributed by atoms with Crippen LogP contribution in [-0.2, 0) is 6.42 Å². The first-order valence-electron chi connectivity index (χ1n) is 6.59. The molecule has 2 nitrogen and oxygen atoms in total. The molecule has 0 spiro atoms. The molecule has 0 amide bonds. The molecule has 0 unspecified atom stereocenters. The highest BCUT2D eigenvalue weighted by atomic mass is 19.1. The molecule has 0 aliphatic rings. The largest absolute Gasteiger partial charge is 0.354 e. The summed E-state index contributed by atoms with van der Waals surface area (Å²) in [6.45, 7) is 2.08. The van der Waals surface area contributed by atoms with E-state index in [1.807, 2.05) is 18.2 Å². The van der Waals surface area contributed by atoms with Gasteiger partial charge >= 0.3 is 0 Å². The van der Waals surface area contributed by atoms with Gasteiger partial charge in [-0.25, -0.2) is 4.39 Å². The van der Waals surface area contributed by atoms with Crippen LogP contribution in [0.15, 0.2) is 42.5 Å². The number of hydrogen-bond acceptors (Lipinski definition) is 1. The molecular formula is C17H14FNO. The van der Waals surface area contributed by atoms with Crippen LogP contribution in [0.3, 0.4) is 0 Å². The van der Waals surface area contributed by atoms with Crippen molar-refractivity contribution in [3.63, 3.8) is 0 Å². The van der Waals surface area contributed by atoms with E-state index >= 15 is 0 Å². The van der Waals surface area contributed by atoms with Gasteiger partial charge in [-0.3, -0.25) is 4.79 Å². The number of carbonyl (C=O) groups excluding carboxylic acids is 1. The zero-order chi connectivity index (χ0) is 14.1. The highest BCUT2D eigenvalue weighted by Gasteiger charge is 2.14. The van der Waals surface area contributed by atoms with E-state index in [0.717, 1.165) is 34.9 Å². The summed E-state index contributed by atoms with van der Waals surface area (Å²) >= 11 is 0. The second-order valence-corrected chi connectivity index (χ2v) is 4.73. The van der Waals surface area contributed by atoms with Crippen molar-refractivity contribution in [2.24, 2.45) is 0 Å². The van der Waals surface area contributed by atoms with E-state index in [-0.39, 0.29) is 5.82 Å². The van der Waals surface area contributed by atoms with Gasteiger partial charge in [0, 0.05) is 16.5 Å². The van der Waals surface area contributed by atoms with Crippen LogP contribution >= 0.6 is 0 Å². The molecule has 0 fully saturated rings. The SMILES string of the molecule is CCc1cccc2c(C=O)c(-c3ccc(F)cc3)[nH]c12. The Morgan fingerprint density at radius 2 is 1.90 bits per heavy atom. The van der Waals surface area contributed by atoms with Crippen molar-refractivity contribution in [3.05, 3.63) is 59.4 Å². The summed E-state index contributed by atoms with van der Waals surface area (Å²) in [6, 6.07) is 12.1. The first-order chi connectivity index (χ1) is 9.74. The van der Waals surface area contributed by atoms with Gasteiger partial charge in [-0.1, -0.05) is 25.1 Å². The van der Waals surface area contributed by atoms with Crippen LogP contribution < -0.4 is 0 Å². The van der Waals surface area contributed by atoms with Crippen LogP contribution in [0.5, 0.6) is 0 Å². The Kier molecular flexibility index (Phi) is 3.11. The number of para-hydroxylation sites is 1. The van der Waals surface area contributed by atoms with Crippen molar-refractivity contribution in [2.75, 3.05) is 0 Å². The molecule has 0 aliphatic heterocycles. The van der Waals surface area contributed by atoms with Gasteiger partial charge in [0.25, 0.3) is 0 Å². The number of nitrogens with one attached hydrogen (secondary N) is 1. The van der Waals surface area contributed by atoms with E-state index in [9.17, 15) is 9.18 Å². The molecule has 2 aromatic carbocycles. The van der Waals surface area contributed by atoms with Crippen LogP contribution in [0.25, 0.3) is 22.2 Å².